The first-order valence-corrected chi connectivity index (χ1v) is 11.4. The summed E-state index contributed by atoms with van der Waals surface area (Å²) in [6.07, 6.45) is 2.51. The van der Waals surface area contributed by atoms with Gasteiger partial charge in [0.05, 0.1) is 3.79 Å². The third-order valence-corrected chi connectivity index (χ3v) is 8.44. The number of hydrogen-bond acceptors (Lipinski definition) is 5. The van der Waals surface area contributed by atoms with Gasteiger partial charge in [0.1, 0.15) is 10.0 Å². The molecule has 2 aromatic rings. The highest BCUT2D eigenvalue weighted by atomic mass is 79.9. The molecule has 0 amide bonds. The number of rotatable bonds is 7. The van der Waals surface area contributed by atoms with Gasteiger partial charge in [0.25, 0.3) is 10.0 Å². The molecule has 2 N–H and O–H groups in total. The van der Waals surface area contributed by atoms with Crippen LogP contribution in [-0.2, 0) is 10.0 Å². The van der Waals surface area contributed by atoms with E-state index in [1.807, 2.05) is 0 Å². The number of thiophene rings is 1. The summed E-state index contributed by atoms with van der Waals surface area (Å²) < 4.78 is 40.6. The third kappa shape index (κ3) is 4.71. The van der Waals surface area contributed by atoms with Crippen molar-refractivity contribution < 1.29 is 12.8 Å². The maximum absolute atomic E-state index is 13.0. The van der Waals surface area contributed by atoms with Gasteiger partial charge in [-0.3, -0.25) is 10.9 Å². The number of sulfonamides is 1. The molecule has 0 bridgehead atoms. The van der Waals surface area contributed by atoms with E-state index in [1.54, 1.807) is 31.3 Å². The zero-order valence-corrected chi connectivity index (χ0v) is 17.5. The summed E-state index contributed by atoms with van der Waals surface area (Å²) in [7, 11) is -1.81. The lowest BCUT2D eigenvalue weighted by Gasteiger charge is -2.17. The summed E-state index contributed by atoms with van der Waals surface area (Å²) in [6.45, 7) is 0.469. The van der Waals surface area contributed by atoms with Crippen molar-refractivity contribution in [1.82, 2.24) is 15.2 Å². The van der Waals surface area contributed by atoms with Crippen LogP contribution in [0.25, 0.3) is 0 Å². The third-order valence-electron chi connectivity index (χ3n) is 4.49. The van der Waals surface area contributed by atoms with Crippen molar-refractivity contribution in [2.75, 3.05) is 13.6 Å². The minimum Gasteiger partial charge on any atom is -0.254 e. The molecule has 1 aromatic carbocycles. The molecule has 2 unspecified atom stereocenters. The molecule has 1 aromatic heterocycles. The summed E-state index contributed by atoms with van der Waals surface area (Å²) in [5, 5.41) is 0. The SMILES string of the molecule is CN(CCCC1CC(c2ccc(F)cc2)NN1)S(=O)(=O)c1ccc(Br)s1. The average Bonchev–Trinajstić information content (AvgIpc) is 3.25. The lowest BCUT2D eigenvalue weighted by molar-refractivity contribution is 0.429. The molecule has 0 radical (unpaired) electrons. The number of hydrazine groups is 1. The quantitative estimate of drug-likeness (QED) is 0.660. The van der Waals surface area contributed by atoms with Crippen LogP contribution in [0.15, 0.2) is 44.4 Å². The Morgan fingerprint density at radius 3 is 2.62 bits per heavy atom. The van der Waals surface area contributed by atoms with Gasteiger partial charge >= 0.3 is 0 Å². The summed E-state index contributed by atoms with van der Waals surface area (Å²) in [5.41, 5.74) is 7.53. The van der Waals surface area contributed by atoms with Crippen molar-refractivity contribution in [3.05, 3.63) is 51.6 Å². The maximum atomic E-state index is 13.0. The number of nitrogens with zero attached hydrogens (tertiary/aromatic N) is 1. The van der Waals surface area contributed by atoms with Gasteiger partial charge in [0.2, 0.25) is 0 Å². The Labute approximate surface area is 165 Å². The molecule has 1 aliphatic rings. The van der Waals surface area contributed by atoms with Crippen LogP contribution >= 0.6 is 27.3 Å². The highest BCUT2D eigenvalue weighted by Crippen LogP contribution is 2.28. The molecule has 2 heterocycles. The van der Waals surface area contributed by atoms with E-state index in [2.05, 4.69) is 26.8 Å². The smallest absolute Gasteiger partial charge is 0.252 e. The van der Waals surface area contributed by atoms with Crippen LogP contribution < -0.4 is 10.9 Å². The molecule has 1 fully saturated rings. The zero-order valence-electron chi connectivity index (χ0n) is 14.3. The van der Waals surface area contributed by atoms with E-state index in [0.29, 0.717) is 10.8 Å². The minimum absolute atomic E-state index is 0.144. The van der Waals surface area contributed by atoms with Gasteiger partial charge in [0, 0.05) is 25.7 Å². The Hall–Kier alpha value is -0.840. The minimum atomic E-state index is -3.42. The molecule has 1 saturated heterocycles. The largest absolute Gasteiger partial charge is 0.254 e. The van der Waals surface area contributed by atoms with Crippen molar-refractivity contribution in [1.29, 1.82) is 0 Å². The lowest BCUT2D eigenvalue weighted by Crippen LogP contribution is -2.32. The standard InChI is InChI=1S/C17H21BrFN3O2S2/c1-22(26(23,24)17-9-8-16(18)25-17)10-2-3-14-11-15(21-20-14)12-4-6-13(19)7-5-12/h4-9,14-15,20-21H,2-3,10-11H2,1H3. The molecule has 1 aliphatic heterocycles. The predicted molar refractivity (Wildman–Crippen MR) is 105 cm³/mol. The molecule has 3 rings (SSSR count). The van der Waals surface area contributed by atoms with Crippen LogP contribution in [0.2, 0.25) is 0 Å². The van der Waals surface area contributed by atoms with E-state index in [4.69, 9.17) is 0 Å². The van der Waals surface area contributed by atoms with Gasteiger partial charge in [-0.05, 0) is 65.0 Å². The van der Waals surface area contributed by atoms with Crippen molar-refractivity contribution in [2.24, 2.45) is 0 Å². The fraction of sp³-hybridized carbons (Fsp3) is 0.412. The first kappa shape index (κ1) is 19.9. The molecule has 0 spiro atoms. The Bertz CT molecular complexity index is 842. The van der Waals surface area contributed by atoms with Gasteiger partial charge in [0.15, 0.2) is 0 Å². The first-order chi connectivity index (χ1) is 12.4. The van der Waals surface area contributed by atoms with E-state index in [-0.39, 0.29) is 17.9 Å². The maximum Gasteiger partial charge on any atom is 0.252 e. The van der Waals surface area contributed by atoms with Crippen LogP contribution in [0.3, 0.4) is 0 Å². The molecular weight excluding hydrogens is 441 g/mol. The fourth-order valence-electron chi connectivity index (χ4n) is 3.00. The summed E-state index contributed by atoms with van der Waals surface area (Å²) >= 11 is 4.52. The Kier molecular flexibility index (Phi) is 6.47. The highest BCUT2D eigenvalue weighted by Gasteiger charge is 2.26. The van der Waals surface area contributed by atoms with E-state index in [9.17, 15) is 12.8 Å². The number of hydrogen-bond donors (Lipinski definition) is 2. The number of benzene rings is 1. The Morgan fingerprint density at radius 1 is 1.23 bits per heavy atom. The Balaban J connectivity index is 1.47. The predicted octanol–water partition coefficient (Wildman–Crippen LogP) is 3.66. The van der Waals surface area contributed by atoms with E-state index < -0.39 is 10.0 Å². The molecule has 0 saturated carbocycles. The molecular formula is C17H21BrFN3O2S2. The van der Waals surface area contributed by atoms with Crippen LogP contribution in [-0.4, -0.2) is 32.4 Å². The average molecular weight is 462 g/mol. The van der Waals surface area contributed by atoms with Crippen LogP contribution in [0, 0.1) is 5.82 Å². The van der Waals surface area contributed by atoms with Crippen LogP contribution in [0.5, 0.6) is 0 Å². The molecule has 9 heteroatoms. The first-order valence-electron chi connectivity index (χ1n) is 8.34. The second kappa shape index (κ2) is 8.45. The van der Waals surface area contributed by atoms with Gasteiger partial charge in [-0.25, -0.2) is 17.1 Å². The van der Waals surface area contributed by atoms with Gasteiger partial charge < -0.3 is 0 Å². The zero-order chi connectivity index (χ0) is 18.7. The molecule has 2 atom stereocenters. The summed E-state index contributed by atoms with van der Waals surface area (Å²) in [5.74, 6) is -0.238. The fourth-order valence-corrected chi connectivity index (χ4v) is 6.43. The van der Waals surface area contributed by atoms with Gasteiger partial charge in [-0.1, -0.05) is 12.1 Å². The highest BCUT2D eigenvalue weighted by molar-refractivity contribution is 9.11. The second-order valence-electron chi connectivity index (χ2n) is 6.35. The second-order valence-corrected chi connectivity index (χ2v) is 11.1. The lowest BCUT2D eigenvalue weighted by atomic mass is 10.00. The number of nitrogens with one attached hydrogen (secondary N) is 2. The topological polar surface area (TPSA) is 61.4 Å². The van der Waals surface area contributed by atoms with Crippen LogP contribution in [0.4, 0.5) is 4.39 Å². The van der Waals surface area contributed by atoms with Gasteiger partial charge in [-0.2, -0.15) is 0 Å². The summed E-state index contributed by atoms with van der Waals surface area (Å²) in [6, 6.07) is 10.3. The summed E-state index contributed by atoms with van der Waals surface area (Å²) in [4.78, 5) is 0. The van der Waals surface area contributed by atoms with Gasteiger partial charge in [-0.15, -0.1) is 11.3 Å². The molecule has 26 heavy (non-hydrogen) atoms. The monoisotopic (exact) mass is 461 g/mol. The van der Waals surface area contributed by atoms with E-state index in [0.717, 1.165) is 28.6 Å². The number of halogens is 2. The van der Waals surface area contributed by atoms with Crippen molar-refractivity contribution >= 4 is 37.3 Å². The Morgan fingerprint density at radius 2 is 1.96 bits per heavy atom. The molecule has 5 nitrogen and oxygen atoms in total. The normalized spacial score (nSPS) is 20.8. The van der Waals surface area contributed by atoms with Crippen molar-refractivity contribution in [3.8, 4) is 0 Å². The van der Waals surface area contributed by atoms with E-state index >= 15 is 0 Å². The van der Waals surface area contributed by atoms with Crippen molar-refractivity contribution in [2.45, 2.75) is 35.6 Å². The van der Waals surface area contributed by atoms with Crippen LogP contribution in [0.1, 0.15) is 30.9 Å². The van der Waals surface area contributed by atoms with Crippen molar-refractivity contribution in [3.63, 3.8) is 0 Å². The molecule has 142 valence electrons. The molecule has 0 aliphatic carbocycles. The van der Waals surface area contributed by atoms with E-state index in [1.165, 1.54) is 27.8 Å².